The Hall–Kier alpha value is -2.43. The van der Waals surface area contributed by atoms with E-state index < -0.39 is 4.92 Å². The Bertz CT molecular complexity index is 599. The van der Waals surface area contributed by atoms with Gasteiger partial charge in [0.15, 0.2) is 0 Å². The lowest BCUT2D eigenvalue weighted by Gasteiger charge is -2.19. The third kappa shape index (κ3) is 3.12. The van der Waals surface area contributed by atoms with Crippen LogP contribution >= 0.6 is 0 Å². The summed E-state index contributed by atoms with van der Waals surface area (Å²) < 4.78 is 0. The average Bonchev–Trinajstić information content (AvgIpc) is 2.46. The van der Waals surface area contributed by atoms with Crippen molar-refractivity contribution in [1.29, 1.82) is 0 Å². The Kier molecular flexibility index (Phi) is 4.30. The molecule has 0 saturated heterocycles. The second-order valence-corrected chi connectivity index (χ2v) is 4.63. The van der Waals surface area contributed by atoms with Gasteiger partial charge in [-0.05, 0) is 24.5 Å². The minimum absolute atomic E-state index is 0.0146. The lowest BCUT2D eigenvalue weighted by molar-refractivity contribution is -0.385. The summed E-state index contributed by atoms with van der Waals surface area (Å²) in [6.45, 7) is 3.91. The lowest BCUT2D eigenvalue weighted by Crippen LogP contribution is -2.11. The fourth-order valence-electron chi connectivity index (χ4n) is 2.08. The molecule has 5 nitrogen and oxygen atoms in total. The van der Waals surface area contributed by atoms with Gasteiger partial charge in [-0.1, -0.05) is 37.3 Å². The van der Waals surface area contributed by atoms with Crippen molar-refractivity contribution in [1.82, 2.24) is 4.98 Å². The molecular formula is C15H17N3O2. The molecule has 0 aliphatic rings. The van der Waals surface area contributed by atoms with E-state index in [1.165, 1.54) is 17.8 Å². The largest absolute Gasteiger partial charge is 0.363 e. The van der Waals surface area contributed by atoms with Gasteiger partial charge in [0, 0.05) is 6.07 Å². The van der Waals surface area contributed by atoms with E-state index in [0.29, 0.717) is 5.82 Å². The molecule has 104 valence electrons. The lowest BCUT2D eigenvalue weighted by atomic mass is 10.0. The van der Waals surface area contributed by atoms with Crippen LogP contribution in [0.5, 0.6) is 0 Å². The highest BCUT2D eigenvalue weighted by Crippen LogP contribution is 2.25. The molecule has 2 rings (SSSR count). The summed E-state index contributed by atoms with van der Waals surface area (Å²) in [7, 11) is 0. The van der Waals surface area contributed by atoms with E-state index in [1.807, 2.05) is 25.1 Å². The number of nitrogens with one attached hydrogen (secondary N) is 1. The molecule has 1 aromatic heterocycles. The Morgan fingerprint density at radius 2 is 2.05 bits per heavy atom. The van der Waals surface area contributed by atoms with Crippen LogP contribution in [0.3, 0.4) is 0 Å². The van der Waals surface area contributed by atoms with Crippen LogP contribution in [0.25, 0.3) is 0 Å². The molecule has 1 N–H and O–H groups in total. The number of aryl methyl sites for hydroxylation is 1. The summed E-state index contributed by atoms with van der Waals surface area (Å²) in [4.78, 5) is 14.4. The van der Waals surface area contributed by atoms with Crippen LogP contribution in [-0.4, -0.2) is 9.91 Å². The van der Waals surface area contributed by atoms with E-state index in [2.05, 4.69) is 29.4 Å². The second-order valence-electron chi connectivity index (χ2n) is 4.63. The molecule has 0 fully saturated rings. The smallest absolute Gasteiger partial charge is 0.287 e. The van der Waals surface area contributed by atoms with Gasteiger partial charge in [-0.25, -0.2) is 4.98 Å². The van der Waals surface area contributed by atoms with E-state index in [4.69, 9.17) is 0 Å². The van der Waals surface area contributed by atoms with Crippen LogP contribution in [0.15, 0.2) is 42.6 Å². The van der Waals surface area contributed by atoms with Crippen molar-refractivity contribution >= 4 is 11.5 Å². The van der Waals surface area contributed by atoms with Crippen LogP contribution < -0.4 is 5.32 Å². The number of rotatable bonds is 5. The zero-order chi connectivity index (χ0) is 14.5. The van der Waals surface area contributed by atoms with E-state index >= 15 is 0 Å². The molecule has 1 aromatic carbocycles. The average molecular weight is 271 g/mol. The summed E-state index contributed by atoms with van der Waals surface area (Å²) in [5, 5.41) is 14.1. The van der Waals surface area contributed by atoms with Crippen LogP contribution in [0.1, 0.15) is 30.5 Å². The van der Waals surface area contributed by atoms with Crippen molar-refractivity contribution in [3.05, 3.63) is 63.8 Å². The molecule has 0 bridgehead atoms. The first kappa shape index (κ1) is 14.0. The fraction of sp³-hybridized carbons (Fsp3) is 0.267. The minimum Gasteiger partial charge on any atom is -0.363 e. The number of nitrogens with zero attached hydrogens (tertiary/aromatic N) is 2. The summed E-state index contributed by atoms with van der Waals surface area (Å²) in [6, 6.07) is 11.8. The Morgan fingerprint density at radius 3 is 2.60 bits per heavy atom. The SMILES string of the molecule is CCC(Nc1ncc([N+](=O)[O-])cc1C)c1ccccc1. The molecule has 0 saturated carbocycles. The molecule has 20 heavy (non-hydrogen) atoms. The van der Waals surface area contributed by atoms with E-state index in [-0.39, 0.29) is 11.7 Å². The van der Waals surface area contributed by atoms with Crippen LogP contribution in [-0.2, 0) is 0 Å². The molecule has 1 heterocycles. The van der Waals surface area contributed by atoms with Gasteiger partial charge in [0.2, 0.25) is 0 Å². The van der Waals surface area contributed by atoms with Gasteiger partial charge in [-0.2, -0.15) is 0 Å². The van der Waals surface area contributed by atoms with Crippen LogP contribution in [0.4, 0.5) is 11.5 Å². The maximum atomic E-state index is 10.7. The summed E-state index contributed by atoms with van der Waals surface area (Å²) >= 11 is 0. The topological polar surface area (TPSA) is 68.1 Å². The number of hydrogen-bond acceptors (Lipinski definition) is 4. The quantitative estimate of drug-likeness (QED) is 0.662. The molecule has 1 unspecified atom stereocenters. The molecule has 0 aliphatic carbocycles. The summed E-state index contributed by atoms with van der Waals surface area (Å²) in [6.07, 6.45) is 2.19. The van der Waals surface area contributed by atoms with Crippen molar-refractivity contribution in [2.45, 2.75) is 26.3 Å². The van der Waals surface area contributed by atoms with Crippen molar-refractivity contribution < 1.29 is 4.92 Å². The fourth-order valence-corrected chi connectivity index (χ4v) is 2.08. The van der Waals surface area contributed by atoms with Gasteiger partial charge in [-0.3, -0.25) is 10.1 Å². The molecular weight excluding hydrogens is 254 g/mol. The number of aromatic nitrogens is 1. The highest BCUT2D eigenvalue weighted by Gasteiger charge is 2.13. The summed E-state index contributed by atoms with van der Waals surface area (Å²) in [5.74, 6) is 0.686. The highest BCUT2D eigenvalue weighted by atomic mass is 16.6. The monoisotopic (exact) mass is 271 g/mol. The second kappa shape index (κ2) is 6.14. The molecule has 0 spiro atoms. The van der Waals surface area contributed by atoms with Crippen molar-refractivity contribution in [2.24, 2.45) is 0 Å². The van der Waals surface area contributed by atoms with Gasteiger partial charge in [-0.15, -0.1) is 0 Å². The minimum atomic E-state index is -0.432. The van der Waals surface area contributed by atoms with Crippen molar-refractivity contribution in [3.8, 4) is 0 Å². The van der Waals surface area contributed by atoms with Crippen molar-refractivity contribution in [2.75, 3.05) is 5.32 Å². The first-order chi connectivity index (χ1) is 9.61. The Labute approximate surface area is 117 Å². The van der Waals surface area contributed by atoms with E-state index in [1.54, 1.807) is 0 Å². The molecule has 1 atom stereocenters. The van der Waals surface area contributed by atoms with Gasteiger partial charge >= 0.3 is 0 Å². The Morgan fingerprint density at radius 1 is 1.35 bits per heavy atom. The number of benzene rings is 1. The normalized spacial score (nSPS) is 11.9. The molecule has 2 aromatic rings. The number of pyridine rings is 1. The first-order valence-electron chi connectivity index (χ1n) is 6.54. The van der Waals surface area contributed by atoms with Crippen LogP contribution in [0.2, 0.25) is 0 Å². The van der Waals surface area contributed by atoms with Gasteiger partial charge in [0.1, 0.15) is 12.0 Å². The van der Waals surface area contributed by atoms with Gasteiger partial charge in [0.25, 0.3) is 5.69 Å². The zero-order valence-corrected chi connectivity index (χ0v) is 11.5. The predicted molar refractivity (Wildman–Crippen MR) is 78.7 cm³/mol. The number of hydrogen-bond donors (Lipinski definition) is 1. The maximum Gasteiger partial charge on any atom is 0.287 e. The highest BCUT2D eigenvalue weighted by molar-refractivity contribution is 5.49. The summed E-state index contributed by atoms with van der Waals surface area (Å²) in [5.41, 5.74) is 1.96. The van der Waals surface area contributed by atoms with Crippen LogP contribution in [0, 0.1) is 17.0 Å². The van der Waals surface area contributed by atoms with E-state index in [0.717, 1.165) is 12.0 Å². The number of nitro groups is 1. The molecule has 0 amide bonds. The van der Waals surface area contributed by atoms with Crippen molar-refractivity contribution in [3.63, 3.8) is 0 Å². The number of anilines is 1. The molecule has 0 aliphatic heterocycles. The third-order valence-corrected chi connectivity index (χ3v) is 3.20. The third-order valence-electron chi connectivity index (χ3n) is 3.20. The molecule has 0 radical (unpaired) electrons. The van der Waals surface area contributed by atoms with E-state index in [9.17, 15) is 10.1 Å². The predicted octanol–water partition coefficient (Wildman–Crippen LogP) is 3.86. The first-order valence-corrected chi connectivity index (χ1v) is 6.54. The van der Waals surface area contributed by atoms with Gasteiger partial charge < -0.3 is 5.32 Å². The zero-order valence-electron chi connectivity index (χ0n) is 11.5. The maximum absolute atomic E-state index is 10.7. The Balaban J connectivity index is 2.22. The van der Waals surface area contributed by atoms with Gasteiger partial charge in [0.05, 0.1) is 11.0 Å². The standard InChI is InChI=1S/C15H17N3O2/c1-3-14(12-7-5-4-6-8-12)17-15-11(2)9-13(10-16-15)18(19)20/h4-10,14H,3H2,1-2H3,(H,16,17). The molecule has 5 heteroatoms.